The minimum atomic E-state index is -4.41. The normalized spacial score (nSPS) is 23.5. The Labute approximate surface area is 100 Å². The van der Waals surface area contributed by atoms with Crippen LogP contribution in [0.5, 0.6) is 0 Å². The molecule has 0 bridgehead atoms. The van der Waals surface area contributed by atoms with Gasteiger partial charge in [0.25, 0.3) is 0 Å². The van der Waals surface area contributed by atoms with Crippen LogP contribution in [-0.2, 0) is 9.36 Å². The molecule has 100 valence electrons. The largest absolute Gasteiger partial charge is 0.480 e. The van der Waals surface area contributed by atoms with Crippen LogP contribution in [0.15, 0.2) is 0 Å². The van der Waals surface area contributed by atoms with Gasteiger partial charge in [-0.2, -0.15) is 0 Å². The lowest BCUT2D eigenvalue weighted by Crippen LogP contribution is -2.22. The predicted molar refractivity (Wildman–Crippen MR) is 62.7 cm³/mol. The first-order chi connectivity index (χ1) is 7.79. The van der Waals surface area contributed by atoms with E-state index >= 15 is 0 Å². The fourth-order valence-corrected chi connectivity index (χ4v) is 2.83. The zero-order chi connectivity index (χ0) is 13.1. The summed E-state index contributed by atoms with van der Waals surface area (Å²) in [6.45, 7) is 0. The first-order valence-corrected chi connectivity index (χ1v) is 7.45. The molecule has 2 fully saturated rings. The summed E-state index contributed by atoms with van der Waals surface area (Å²) in [5, 5.41) is 6.62. The molecule has 6 nitrogen and oxygen atoms in total. The lowest BCUT2D eigenvalue weighted by molar-refractivity contribution is -0.137. The summed E-state index contributed by atoms with van der Waals surface area (Å²) >= 11 is 0. The number of rotatable bonds is 2. The van der Waals surface area contributed by atoms with E-state index < -0.39 is 18.7 Å². The highest BCUT2D eigenvalue weighted by Crippen LogP contribution is 2.64. The van der Waals surface area contributed by atoms with E-state index in [0.717, 1.165) is 0 Å². The van der Waals surface area contributed by atoms with Crippen molar-refractivity contribution in [1.82, 2.24) is 0 Å². The maximum absolute atomic E-state index is 10.5. The van der Waals surface area contributed by atoms with E-state index in [2.05, 4.69) is 0 Å². The van der Waals surface area contributed by atoms with Crippen LogP contribution in [0.25, 0.3) is 0 Å². The highest BCUT2D eigenvalue weighted by atomic mass is 31.2. The van der Waals surface area contributed by atoms with Gasteiger partial charge in [0.2, 0.25) is 0 Å². The topological polar surface area (TPSA) is 121 Å². The average Bonchev–Trinajstić information content (AvgIpc) is 2.98. The minimum Gasteiger partial charge on any atom is -0.480 e. The fraction of sp³-hybridized carbons (Fsp3) is 0.900. The monoisotopic (exact) mass is 265 g/mol. The molecule has 0 aromatic rings. The molecule has 0 heterocycles. The molecule has 0 aromatic carbocycles. The molecule has 0 unspecified atom stereocenters. The molecule has 7 heteroatoms. The summed E-state index contributed by atoms with van der Waals surface area (Å²) in [4.78, 5) is 27.3. The van der Waals surface area contributed by atoms with Crippen LogP contribution >= 0.6 is 7.60 Å². The quantitative estimate of drug-likeness (QED) is 0.554. The third-order valence-corrected chi connectivity index (χ3v) is 5.08. The van der Waals surface area contributed by atoms with E-state index in [4.69, 9.17) is 20.6 Å². The molecule has 0 aliphatic heterocycles. The highest BCUT2D eigenvalue weighted by Gasteiger charge is 2.63. The molecule has 2 aliphatic rings. The van der Waals surface area contributed by atoms with Gasteiger partial charge in [0.05, 0.1) is 0 Å². The zero-order valence-electron chi connectivity index (χ0n) is 9.71. The number of nitrogens with two attached hydrogens (primary N) is 1. The van der Waals surface area contributed by atoms with Gasteiger partial charge in [0.1, 0.15) is 0 Å². The number of aliphatic carboxylic acids is 1. The predicted octanol–water partition coefficient (Wildman–Crippen LogP) is 1.06. The van der Waals surface area contributed by atoms with Gasteiger partial charge >= 0.3 is 13.6 Å². The number of carbonyl (C=O) groups is 1. The van der Waals surface area contributed by atoms with E-state index in [1.807, 2.05) is 0 Å². The van der Waals surface area contributed by atoms with Crippen LogP contribution in [0.3, 0.4) is 0 Å². The van der Waals surface area contributed by atoms with Crippen LogP contribution in [0.4, 0.5) is 0 Å². The van der Waals surface area contributed by atoms with Crippen molar-refractivity contribution in [3.63, 3.8) is 0 Å². The van der Waals surface area contributed by atoms with Gasteiger partial charge in [-0.3, -0.25) is 9.36 Å². The smallest absolute Gasteiger partial charge is 0.342 e. The summed E-state index contributed by atoms with van der Waals surface area (Å²) < 4.78 is 10.5. The second-order valence-electron chi connectivity index (χ2n) is 4.78. The SMILES string of the molecule is NC1CCCCC1.O=C(O)C1(P(=O)(O)O)CC1. The first kappa shape index (κ1) is 14.6. The Balaban J connectivity index is 0.000000181. The highest BCUT2D eigenvalue weighted by molar-refractivity contribution is 7.55. The van der Waals surface area contributed by atoms with E-state index in [1.54, 1.807) is 0 Å². The Morgan fingerprint density at radius 3 is 1.76 bits per heavy atom. The Morgan fingerprint density at radius 1 is 1.18 bits per heavy atom. The summed E-state index contributed by atoms with van der Waals surface area (Å²) in [6.07, 6.45) is 6.84. The molecule has 0 aromatic heterocycles. The minimum absolute atomic E-state index is 0.0899. The summed E-state index contributed by atoms with van der Waals surface area (Å²) in [5.74, 6) is -1.39. The zero-order valence-corrected chi connectivity index (χ0v) is 10.6. The summed E-state index contributed by atoms with van der Waals surface area (Å²) in [7, 11) is -4.41. The van der Waals surface area contributed by atoms with E-state index in [9.17, 15) is 9.36 Å². The number of hydrogen-bond donors (Lipinski definition) is 4. The average molecular weight is 265 g/mol. The first-order valence-electron chi connectivity index (χ1n) is 5.84. The number of carboxylic acid groups (broad SMARTS) is 1. The van der Waals surface area contributed by atoms with Crippen LogP contribution in [0, 0.1) is 0 Å². The van der Waals surface area contributed by atoms with Crippen molar-refractivity contribution >= 4 is 13.6 Å². The third kappa shape index (κ3) is 3.78. The van der Waals surface area contributed by atoms with Crippen molar-refractivity contribution in [1.29, 1.82) is 0 Å². The second kappa shape index (κ2) is 5.48. The lowest BCUT2D eigenvalue weighted by Gasteiger charge is -2.15. The maximum Gasteiger partial charge on any atom is 0.342 e. The van der Waals surface area contributed by atoms with Crippen LogP contribution in [0.2, 0.25) is 0 Å². The van der Waals surface area contributed by atoms with E-state index in [-0.39, 0.29) is 12.8 Å². The van der Waals surface area contributed by atoms with Crippen molar-refractivity contribution in [2.24, 2.45) is 5.73 Å². The summed E-state index contributed by atoms with van der Waals surface area (Å²) in [5.41, 5.74) is 5.63. The molecule has 0 saturated heterocycles. The van der Waals surface area contributed by atoms with E-state index in [1.165, 1.54) is 32.1 Å². The lowest BCUT2D eigenvalue weighted by atomic mass is 9.97. The molecule has 2 aliphatic carbocycles. The van der Waals surface area contributed by atoms with Crippen molar-refractivity contribution < 1.29 is 24.3 Å². The molecular formula is C10H20NO5P. The second-order valence-corrected chi connectivity index (χ2v) is 6.72. The Kier molecular flexibility index (Phi) is 4.72. The van der Waals surface area contributed by atoms with Gasteiger partial charge in [-0.1, -0.05) is 19.3 Å². The Hall–Kier alpha value is -0.420. The van der Waals surface area contributed by atoms with Crippen molar-refractivity contribution in [2.45, 2.75) is 56.1 Å². The van der Waals surface area contributed by atoms with Gasteiger partial charge in [-0.05, 0) is 25.7 Å². The third-order valence-electron chi connectivity index (χ3n) is 3.33. The maximum atomic E-state index is 10.5. The molecule has 2 rings (SSSR count). The van der Waals surface area contributed by atoms with Crippen LogP contribution in [-0.4, -0.2) is 32.1 Å². The Morgan fingerprint density at radius 2 is 1.65 bits per heavy atom. The summed E-state index contributed by atoms with van der Waals surface area (Å²) in [6, 6.07) is 0.536. The Bertz CT molecular complexity index is 317. The van der Waals surface area contributed by atoms with Gasteiger partial charge in [0, 0.05) is 6.04 Å². The molecule has 0 amide bonds. The van der Waals surface area contributed by atoms with Crippen molar-refractivity contribution in [2.75, 3.05) is 0 Å². The van der Waals surface area contributed by atoms with Crippen molar-refractivity contribution in [3.8, 4) is 0 Å². The molecule has 5 N–H and O–H groups in total. The number of carboxylic acids is 1. The molecule has 0 spiro atoms. The van der Waals surface area contributed by atoms with Gasteiger partial charge in [-0.15, -0.1) is 0 Å². The van der Waals surface area contributed by atoms with Gasteiger partial charge < -0.3 is 20.6 Å². The molecule has 0 radical (unpaired) electrons. The molecule has 17 heavy (non-hydrogen) atoms. The number of hydrogen-bond acceptors (Lipinski definition) is 3. The molecule has 0 atom stereocenters. The molecule has 2 saturated carbocycles. The molecular weight excluding hydrogens is 245 g/mol. The van der Waals surface area contributed by atoms with Gasteiger partial charge in [0.15, 0.2) is 5.16 Å². The van der Waals surface area contributed by atoms with Crippen molar-refractivity contribution in [3.05, 3.63) is 0 Å². The van der Waals surface area contributed by atoms with Crippen LogP contribution < -0.4 is 5.73 Å². The van der Waals surface area contributed by atoms with Crippen LogP contribution in [0.1, 0.15) is 44.9 Å². The fourth-order valence-electron chi connectivity index (χ4n) is 1.88. The standard InChI is InChI=1S/C6H13N.C4H7O5P/c7-6-4-2-1-3-5-6;5-3(6)4(1-2-4)10(7,8)9/h6H,1-5,7H2;1-2H2,(H,5,6)(H2,7,8,9). The van der Waals surface area contributed by atoms with E-state index in [0.29, 0.717) is 6.04 Å². The van der Waals surface area contributed by atoms with Gasteiger partial charge in [-0.25, -0.2) is 0 Å².